The number of nitrogens with one attached hydrogen (secondary N) is 2. The predicted octanol–water partition coefficient (Wildman–Crippen LogP) is 2.76. The maximum Gasteiger partial charge on any atom is 0.228 e. The maximum absolute atomic E-state index is 13.1. The zero-order valence-electron chi connectivity index (χ0n) is 16.5. The van der Waals surface area contributed by atoms with Crippen molar-refractivity contribution >= 4 is 23.2 Å². The lowest BCUT2D eigenvalue weighted by atomic mass is 10.2. The van der Waals surface area contributed by atoms with E-state index in [1.807, 2.05) is 17.5 Å². The average Bonchev–Trinajstić information content (AvgIpc) is 3.30. The predicted molar refractivity (Wildman–Crippen MR) is 116 cm³/mol. The maximum atomic E-state index is 13.1. The van der Waals surface area contributed by atoms with Crippen molar-refractivity contribution in [2.75, 3.05) is 50.2 Å². The molecule has 0 bridgehead atoms. The lowest BCUT2D eigenvalue weighted by Crippen LogP contribution is -2.16. The van der Waals surface area contributed by atoms with Crippen molar-refractivity contribution in [2.45, 2.75) is 6.54 Å². The number of thiophene rings is 1. The highest BCUT2D eigenvalue weighted by Crippen LogP contribution is 2.23. The van der Waals surface area contributed by atoms with Gasteiger partial charge in [-0.3, -0.25) is 0 Å². The van der Waals surface area contributed by atoms with Gasteiger partial charge in [-0.15, -0.1) is 11.3 Å². The van der Waals surface area contributed by atoms with Gasteiger partial charge in [0.1, 0.15) is 5.82 Å². The molecule has 2 heterocycles. The minimum atomic E-state index is -0.265. The van der Waals surface area contributed by atoms with E-state index in [4.69, 9.17) is 15.2 Å². The third-order valence-corrected chi connectivity index (χ3v) is 4.77. The molecule has 0 aliphatic heterocycles. The molecular formula is C20H25FN6O2S. The molecule has 3 aromatic rings. The fraction of sp³-hybridized carbons (Fsp3) is 0.350. The molecule has 0 saturated carbocycles. The molecule has 0 aliphatic rings. The highest BCUT2D eigenvalue weighted by Gasteiger charge is 2.09. The summed E-state index contributed by atoms with van der Waals surface area (Å²) in [5.74, 6) is 1.22. The number of rotatable bonds is 13. The first-order valence-electron chi connectivity index (χ1n) is 9.62. The Morgan fingerprint density at radius 2 is 1.63 bits per heavy atom. The molecular weight excluding hydrogens is 407 g/mol. The number of halogens is 1. The summed E-state index contributed by atoms with van der Waals surface area (Å²) >= 11 is 1.55. The molecule has 0 unspecified atom stereocenters. The second-order valence-corrected chi connectivity index (χ2v) is 7.15. The highest BCUT2D eigenvalue weighted by molar-refractivity contribution is 7.13. The molecule has 0 saturated heterocycles. The summed E-state index contributed by atoms with van der Waals surface area (Å²) in [5, 5.41) is 8.31. The second kappa shape index (κ2) is 12.1. The van der Waals surface area contributed by atoms with E-state index in [-0.39, 0.29) is 5.82 Å². The summed E-state index contributed by atoms with van der Waals surface area (Å²) in [5.41, 5.74) is 6.29. The van der Waals surface area contributed by atoms with Crippen molar-refractivity contribution in [2.24, 2.45) is 5.73 Å². The van der Waals surface area contributed by atoms with E-state index in [0.717, 1.165) is 10.4 Å². The number of nitrogens with two attached hydrogens (primary N) is 1. The van der Waals surface area contributed by atoms with Crippen LogP contribution in [0.1, 0.15) is 5.56 Å². The zero-order chi connectivity index (χ0) is 21.0. The fourth-order valence-corrected chi connectivity index (χ4v) is 3.13. The quantitative estimate of drug-likeness (QED) is 0.354. The Balaban J connectivity index is 1.57. The molecule has 2 aromatic heterocycles. The minimum Gasteiger partial charge on any atom is -0.378 e. The van der Waals surface area contributed by atoms with E-state index in [1.165, 1.54) is 12.1 Å². The number of nitrogens with zero attached hydrogens (tertiary/aromatic N) is 3. The van der Waals surface area contributed by atoms with E-state index in [9.17, 15) is 4.39 Å². The first kappa shape index (κ1) is 22.0. The van der Waals surface area contributed by atoms with E-state index < -0.39 is 0 Å². The van der Waals surface area contributed by atoms with Crippen LogP contribution in [0, 0.1) is 5.82 Å². The van der Waals surface area contributed by atoms with Crippen LogP contribution in [0.3, 0.4) is 0 Å². The van der Waals surface area contributed by atoms with Gasteiger partial charge in [0.15, 0.2) is 5.82 Å². The Hall–Kier alpha value is -2.66. The summed E-state index contributed by atoms with van der Waals surface area (Å²) in [7, 11) is 0. The van der Waals surface area contributed by atoms with Gasteiger partial charge in [-0.25, -0.2) is 4.39 Å². The molecule has 1 aromatic carbocycles. The highest BCUT2D eigenvalue weighted by atomic mass is 32.1. The van der Waals surface area contributed by atoms with E-state index in [0.29, 0.717) is 63.8 Å². The Labute approximate surface area is 178 Å². The van der Waals surface area contributed by atoms with Crippen molar-refractivity contribution in [3.8, 4) is 10.7 Å². The van der Waals surface area contributed by atoms with Crippen LogP contribution in [-0.2, 0) is 16.0 Å². The molecule has 30 heavy (non-hydrogen) atoms. The van der Waals surface area contributed by atoms with E-state index in [1.54, 1.807) is 23.5 Å². The SMILES string of the molecule is NCCOCCOCCNc1nc(NCc2ccc(F)cc2)nc(-c2cccs2)n1. The molecule has 8 nitrogen and oxygen atoms in total. The molecule has 0 radical (unpaired) electrons. The standard InChI is InChI=1S/C20H25FN6O2S/c21-16-5-3-15(4-6-16)14-24-20-26-18(17-2-1-13-30-17)25-19(27-20)23-8-10-29-12-11-28-9-7-22/h1-6,13H,7-12,14,22H2,(H2,23,24,25,26,27). The van der Waals surface area contributed by atoms with Gasteiger partial charge in [-0.2, -0.15) is 15.0 Å². The first-order chi connectivity index (χ1) is 14.7. The van der Waals surface area contributed by atoms with Gasteiger partial charge in [-0.1, -0.05) is 18.2 Å². The summed E-state index contributed by atoms with van der Waals surface area (Å²) < 4.78 is 23.8. The Bertz CT molecular complexity index is 880. The first-order valence-corrected chi connectivity index (χ1v) is 10.5. The number of ether oxygens (including phenoxy) is 2. The molecule has 4 N–H and O–H groups in total. The van der Waals surface area contributed by atoms with Gasteiger partial charge in [0.25, 0.3) is 0 Å². The smallest absolute Gasteiger partial charge is 0.228 e. The van der Waals surface area contributed by atoms with Crippen molar-refractivity contribution in [1.29, 1.82) is 0 Å². The van der Waals surface area contributed by atoms with Crippen LogP contribution in [0.25, 0.3) is 10.7 Å². The summed E-state index contributed by atoms with van der Waals surface area (Å²) in [6.07, 6.45) is 0. The van der Waals surface area contributed by atoms with Crippen molar-refractivity contribution < 1.29 is 13.9 Å². The topological polar surface area (TPSA) is 107 Å². The molecule has 160 valence electrons. The monoisotopic (exact) mass is 432 g/mol. The van der Waals surface area contributed by atoms with Gasteiger partial charge in [0.2, 0.25) is 11.9 Å². The van der Waals surface area contributed by atoms with Gasteiger partial charge in [0, 0.05) is 19.6 Å². The van der Waals surface area contributed by atoms with Crippen LogP contribution in [0.2, 0.25) is 0 Å². The number of aromatic nitrogens is 3. The molecule has 0 fully saturated rings. The van der Waals surface area contributed by atoms with E-state index in [2.05, 4.69) is 25.6 Å². The van der Waals surface area contributed by atoms with Crippen LogP contribution in [0.5, 0.6) is 0 Å². The fourth-order valence-electron chi connectivity index (χ4n) is 2.47. The number of hydrogen-bond donors (Lipinski definition) is 3. The number of hydrogen-bond acceptors (Lipinski definition) is 9. The van der Waals surface area contributed by atoms with Crippen molar-refractivity contribution in [1.82, 2.24) is 15.0 Å². The number of benzene rings is 1. The molecule has 0 atom stereocenters. The Kier molecular flexibility index (Phi) is 8.91. The van der Waals surface area contributed by atoms with Crippen molar-refractivity contribution in [3.63, 3.8) is 0 Å². The summed E-state index contributed by atoms with van der Waals surface area (Å²) in [4.78, 5) is 14.4. The molecule has 3 rings (SSSR count). The van der Waals surface area contributed by atoms with Gasteiger partial charge in [0.05, 0.1) is 31.3 Å². The van der Waals surface area contributed by atoms with Gasteiger partial charge in [-0.05, 0) is 29.1 Å². The summed E-state index contributed by atoms with van der Waals surface area (Å²) in [6.45, 7) is 3.56. The molecule has 0 spiro atoms. The van der Waals surface area contributed by atoms with Crippen LogP contribution >= 0.6 is 11.3 Å². The molecule has 0 aliphatic carbocycles. The molecule has 0 amide bonds. The average molecular weight is 433 g/mol. The Morgan fingerprint density at radius 1 is 0.900 bits per heavy atom. The second-order valence-electron chi connectivity index (χ2n) is 6.20. The third kappa shape index (κ3) is 7.30. The minimum absolute atomic E-state index is 0.265. The molecule has 10 heteroatoms. The third-order valence-electron chi connectivity index (χ3n) is 3.90. The normalized spacial score (nSPS) is 10.9. The van der Waals surface area contributed by atoms with E-state index >= 15 is 0 Å². The lowest BCUT2D eigenvalue weighted by Gasteiger charge is -2.10. The van der Waals surface area contributed by atoms with Crippen LogP contribution in [0.15, 0.2) is 41.8 Å². The lowest BCUT2D eigenvalue weighted by molar-refractivity contribution is 0.0547. The summed E-state index contributed by atoms with van der Waals surface area (Å²) in [6, 6.07) is 10.2. The Morgan fingerprint density at radius 3 is 2.33 bits per heavy atom. The van der Waals surface area contributed by atoms with Crippen molar-refractivity contribution in [3.05, 3.63) is 53.2 Å². The largest absolute Gasteiger partial charge is 0.378 e. The van der Waals surface area contributed by atoms with Gasteiger partial charge < -0.3 is 25.8 Å². The number of anilines is 2. The van der Waals surface area contributed by atoms with Gasteiger partial charge >= 0.3 is 0 Å². The van der Waals surface area contributed by atoms with Crippen LogP contribution in [0.4, 0.5) is 16.3 Å². The zero-order valence-corrected chi connectivity index (χ0v) is 17.3. The van der Waals surface area contributed by atoms with Crippen LogP contribution in [-0.4, -0.2) is 54.5 Å². The van der Waals surface area contributed by atoms with Crippen LogP contribution < -0.4 is 16.4 Å².